The molecule has 0 aliphatic rings. The first-order valence-electron chi connectivity index (χ1n) is 8.54. The van der Waals surface area contributed by atoms with Crippen LogP contribution in [-0.4, -0.2) is 38.5 Å². The third-order valence-corrected chi connectivity index (χ3v) is 3.95. The van der Waals surface area contributed by atoms with E-state index in [1.165, 1.54) is 12.1 Å². The highest BCUT2D eigenvalue weighted by atomic mass is 19.1. The van der Waals surface area contributed by atoms with Crippen molar-refractivity contribution in [2.24, 2.45) is 10.9 Å². The van der Waals surface area contributed by atoms with Gasteiger partial charge in [-0.1, -0.05) is 38.8 Å². The van der Waals surface area contributed by atoms with Crippen LogP contribution in [0.15, 0.2) is 29.3 Å². The number of rotatable bonds is 9. The molecule has 0 saturated heterocycles. The number of benzene rings is 1. The molecule has 1 aromatic carbocycles. The van der Waals surface area contributed by atoms with E-state index in [-0.39, 0.29) is 18.1 Å². The van der Waals surface area contributed by atoms with E-state index in [2.05, 4.69) is 34.8 Å². The lowest BCUT2D eigenvalue weighted by Gasteiger charge is -2.16. The highest BCUT2D eigenvalue weighted by molar-refractivity contribution is 5.80. The molecule has 0 heterocycles. The molecule has 5 nitrogen and oxygen atoms in total. The molecule has 0 aromatic heterocycles. The molecule has 1 rings (SSSR count). The number of nitrogens with one attached hydrogen (secondary N) is 3. The van der Waals surface area contributed by atoms with Crippen LogP contribution in [0.1, 0.15) is 32.3 Å². The molecular formula is C18H29FN4O. The number of hydrogen-bond donors (Lipinski definition) is 3. The smallest absolute Gasteiger partial charge is 0.224 e. The molecule has 0 saturated carbocycles. The van der Waals surface area contributed by atoms with E-state index in [9.17, 15) is 9.18 Å². The summed E-state index contributed by atoms with van der Waals surface area (Å²) in [4.78, 5) is 16.0. The van der Waals surface area contributed by atoms with Crippen molar-refractivity contribution in [3.05, 3.63) is 35.6 Å². The Morgan fingerprint density at radius 3 is 2.29 bits per heavy atom. The first-order chi connectivity index (χ1) is 11.6. The summed E-state index contributed by atoms with van der Waals surface area (Å²) < 4.78 is 12.8. The molecule has 1 aromatic rings. The highest BCUT2D eigenvalue weighted by Crippen LogP contribution is 2.05. The summed E-state index contributed by atoms with van der Waals surface area (Å²) in [5.41, 5.74) is 0.796. The monoisotopic (exact) mass is 336 g/mol. The number of aliphatic imine (C=N–C) groups is 1. The summed E-state index contributed by atoms with van der Waals surface area (Å²) >= 11 is 0. The maximum absolute atomic E-state index is 12.8. The molecule has 0 radical (unpaired) electrons. The normalized spacial score (nSPS) is 11.5. The van der Waals surface area contributed by atoms with Crippen LogP contribution in [0.3, 0.4) is 0 Å². The zero-order valence-corrected chi connectivity index (χ0v) is 14.9. The van der Waals surface area contributed by atoms with E-state index in [1.807, 2.05) is 0 Å². The van der Waals surface area contributed by atoms with Gasteiger partial charge in [-0.15, -0.1) is 0 Å². The van der Waals surface area contributed by atoms with Crippen molar-refractivity contribution < 1.29 is 9.18 Å². The number of guanidine groups is 1. The van der Waals surface area contributed by atoms with Crippen LogP contribution in [0.25, 0.3) is 0 Å². The average molecular weight is 336 g/mol. The maximum Gasteiger partial charge on any atom is 0.224 e. The van der Waals surface area contributed by atoms with Gasteiger partial charge >= 0.3 is 0 Å². The molecule has 0 unspecified atom stereocenters. The molecule has 0 aliphatic carbocycles. The number of amides is 1. The van der Waals surface area contributed by atoms with E-state index in [1.54, 1.807) is 19.2 Å². The Morgan fingerprint density at radius 1 is 1.08 bits per heavy atom. The first-order valence-corrected chi connectivity index (χ1v) is 8.54. The molecule has 0 bridgehead atoms. The Labute approximate surface area is 144 Å². The average Bonchev–Trinajstić information content (AvgIpc) is 2.59. The summed E-state index contributed by atoms with van der Waals surface area (Å²) in [5, 5.41) is 9.30. The second-order valence-electron chi connectivity index (χ2n) is 5.72. The number of halogens is 1. The van der Waals surface area contributed by atoms with Crippen molar-refractivity contribution in [2.75, 3.05) is 26.7 Å². The molecule has 0 aliphatic heterocycles. The van der Waals surface area contributed by atoms with E-state index in [0.29, 0.717) is 19.0 Å². The predicted molar refractivity (Wildman–Crippen MR) is 96.6 cm³/mol. The fourth-order valence-corrected chi connectivity index (χ4v) is 2.27. The van der Waals surface area contributed by atoms with Crippen LogP contribution < -0.4 is 16.0 Å². The van der Waals surface area contributed by atoms with E-state index >= 15 is 0 Å². The van der Waals surface area contributed by atoms with Crippen LogP contribution in [0.2, 0.25) is 0 Å². The minimum Gasteiger partial charge on any atom is -0.356 e. The number of nitrogens with zero attached hydrogens (tertiary/aromatic N) is 1. The second-order valence-corrected chi connectivity index (χ2v) is 5.72. The lowest BCUT2D eigenvalue weighted by molar-refractivity contribution is -0.120. The van der Waals surface area contributed by atoms with Gasteiger partial charge in [0.25, 0.3) is 0 Å². The molecule has 134 valence electrons. The molecule has 24 heavy (non-hydrogen) atoms. The summed E-state index contributed by atoms with van der Waals surface area (Å²) in [6, 6.07) is 5.97. The summed E-state index contributed by atoms with van der Waals surface area (Å²) in [7, 11) is 1.73. The van der Waals surface area contributed by atoms with Crippen molar-refractivity contribution in [1.29, 1.82) is 0 Å². The highest BCUT2D eigenvalue weighted by Gasteiger charge is 2.05. The van der Waals surface area contributed by atoms with Crippen molar-refractivity contribution in [3.8, 4) is 0 Å². The SMILES string of the molecule is CCC(CC)CNC(=NC)NCCNC(=O)Cc1ccc(F)cc1. The molecule has 0 spiro atoms. The van der Waals surface area contributed by atoms with Crippen LogP contribution in [0.5, 0.6) is 0 Å². The molecule has 0 fully saturated rings. The Balaban J connectivity index is 2.21. The molecule has 1 amide bonds. The quantitative estimate of drug-likeness (QED) is 0.367. The van der Waals surface area contributed by atoms with Crippen molar-refractivity contribution >= 4 is 11.9 Å². The van der Waals surface area contributed by atoms with Gasteiger partial charge < -0.3 is 16.0 Å². The van der Waals surface area contributed by atoms with Gasteiger partial charge in [0, 0.05) is 26.7 Å². The Hall–Kier alpha value is -2.11. The third-order valence-electron chi connectivity index (χ3n) is 3.95. The Morgan fingerprint density at radius 2 is 1.71 bits per heavy atom. The van der Waals surface area contributed by atoms with Crippen molar-refractivity contribution in [2.45, 2.75) is 33.1 Å². The standard InChI is InChI=1S/C18H29FN4O/c1-4-14(5-2)13-23-18(20-3)22-11-10-21-17(24)12-15-6-8-16(19)9-7-15/h6-9,14H,4-5,10-13H2,1-3H3,(H,21,24)(H2,20,22,23). The minimum atomic E-state index is -0.296. The first kappa shape index (κ1) is 19.9. The third kappa shape index (κ3) is 7.94. The van der Waals surface area contributed by atoms with E-state index in [4.69, 9.17) is 0 Å². The zero-order chi connectivity index (χ0) is 17.8. The van der Waals surface area contributed by atoms with Gasteiger partial charge in [-0.2, -0.15) is 0 Å². The zero-order valence-electron chi connectivity index (χ0n) is 14.9. The lowest BCUT2D eigenvalue weighted by atomic mass is 10.0. The molecule has 3 N–H and O–H groups in total. The fraction of sp³-hybridized carbons (Fsp3) is 0.556. The van der Waals surface area contributed by atoms with Gasteiger partial charge in [-0.05, 0) is 23.6 Å². The van der Waals surface area contributed by atoms with E-state index in [0.717, 1.165) is 30.9 Å². The number of carbonyl (C=O) groups is 1. The minimum absolute atomic E-state index is 0.0802. The van der Waals surface area contributed by atoms with Gasteiger partial charge in [0.2, 0.25) is 5.91 Å². The Bertz CT molecular complexity index is 512. The van der Waals surface area contributed by atoms with Crippen molar-refractivity contribution in [3.63, 3.8) is 0 Å². The van der Waals surface area contributed by atoms with Crippen LogP contribution in [-0.2, 0) is 11.2 Å². The molecular weight excluding hydrogens is 307 g/mol. The van der Waals surface area contributed by atoms with Crippen LogP contribution >= 0.6 is 0 Å². The lowest BCUT2D eigenvalue weighted by Crippen LogP contribution is -2.43. The second kappa shape index (κ2) is 11.4. The number of hydrogen-bond acceptors (Lipinski definition) is 2. The topological polar surface area (TPSA) is 65.5 Å². The fourth-order valence-electron chi connectivity index (χ4n) is 2.27. The van der Waals surface area contributed by atoms with Crippen LogP contribution in [0, 0.1) is 11.7 Å². The summed E-state index contributed by atoms with van der Waals surface area (Å²) in [5.74, 6) is 1.01. The number of carbonyl (C=O) groups excluding carboxylic acids is 1. The largest absolute Gasteiger partial charge is 0.356 e. The predicted octanol–water partition coefficient (Wildman–Crippen LogP) is 2.09. The van der Waals surface area contributed by atoms with Crippen molar-refractivity contribution in [1.82, 2.24) is 16.0 Å². The van der Waals surface area contributed by atoms with Gasteiger partial charge in [0.05, 0.1) is 6.42 Å². The van der Waals surface area contributed by atoms with Gasteiger partial charge in [-0.25, -0.2) is 4.39 Å². The summed E-state index contributed by atoms with van der Waals surface area (Å²) in [6.45, 7) is 6.36. The van der Waals surface area contributed by atoms with Crippen LogP contribution in [0.4, 0.5) is 4.39 Å². The van der Waals surface area contributed by atoms with E-state index < -0.39 is 0 Å². The van der Waals surface area contributed by atoms with Gasteiger partial charge in [-0.3, -0.25) is 9.79 Å². The maximum atomic E-state index is 12.8. The molecule has 6 heteroatoms. The Kier molecular flexibility index (Phi) is 9.49. The van der Waals surface area contributed by atoms with Gasteiger partial charge in [0.1, 0.15) is 5.82 Å². The van der Waals surface area contributed by atoms with Gasteiger partial charge in [0.15, 0.2) is 5.96 Å². The molecule has 0 atom stereocenters. The summed E-state index contributed by atoms with van der Waals surface area (Å²) in [6.07, 6.45) is 2.53.